The molecule has 138 heavy (non-hydrogen) atoms. The van der Waals surface area contributed by atoms with Gasteiger partial charge >= 0.3 is 0 Å². The number of primary amides is 3. The number of carbonyl (C=O) groups excluding carboxylic acids is 23. The number of likely N-dealkylation sites (tertiary alicyclic amines) is 1. The lowest BCUT2D eigenvalue weighted by Crippen LogP contribution is -2.67. The Bertz CT molecular complexity index is 4660. The van der Waals surface area contributed by atoms with Crippen LogP contribution in [-0.2, 0) is 117 Å². The van der Waals surface area contributed by atoms with E-state index in [-0.39, 0.29) is 44.6 Å². The Morgan fingerprint density at radius 2 is 0.710 bits per heavy atom. The first-order valence-corrected chi connectivity index (χ1v) is 45.7. The highest BCUT2D eigenvalue weighted by Gasteiger charge is 2.48. The summed E-state index contributed by atoms with van der Waals surface area (Å²) in [5.41, 5.74) is 0.992. The number of nitrogens with two attached hydrogens (primary N) is 3. The number of nitrogens with zero attached hydrogens (tertiary/aromatic N) is 1. The van der Waals surface area contributed by atoms with E-state index >= 15 is 0 Å². The van der Waals surface area contributed by atoms with Crippen molar-refractivity contribution in [2.24, 2.45) is 35.0 Å². The lowest BCUT2D eigenvalue weighted by Gasteiger charge is -2.36. The molecule has 1 aliphatic heterocycles. The van der Waals surface area contributed by atoms with E-state index in [1.165, 1.54) is 150 Å². The summed E-state index contributed by atoms with van der Waals surface area (Å²) in [5.74, 6) is -21.5. The molecule has 26 N–H and O–H groups in total. The van der Waals surface area contributed by atoms with Gasteiger partial charge < -0.3 is 128 Å². The fourth-order valence-corrected chi connectivity index (χ4v) is 13.7. The van der Waals surface area contributed by atoms with Gasteiger partial charge in [0.1, 0.15) is 104 Å². The molecule has 1 aliphatic rings. The summed E-state index contributed by atoms with van der Waals surface area (Å²) >= 11 is 0. The standard InChI is InChI=1S/C91H151N23O24/c1-46(2)42-57(70(126)109-91(26,27)82(138)114-41-31-34-58(114)71(127)103-63(47(3)4)72(128)111-90(24,25)81(137)113-87(18,19)77(133)101-55(36-39-60(93)118)68(124)100-54(35-38-59(92)117)67(123)98-53(45-115)43-52-32-29-28-30-33-52)99-62(120)44-95-74(130)83(10,11)110-73(129)64(48(5)6)104-79(135)86(16,17)108-69(125)56(37-40-61(94)119)102-78(134)88(20,21)112-80(136)89(22,23)107-66(122)50(8)97-76(132)85(14,15)106-65(121)49(7)96-75(131)84(12,13)105-51(9)116/h28-30,32-33,46-50,53-58,63-64,115H,31,34-45H2,1-27H3,(H2,92,117)(H2,93,118)(H2,94,119)(H,95,130)(H,96,131)(H,97,132)(H,98,123)(H,99,120)(H,100,124)(H,101,133)(H,102,134)(H,103,127)(H,104,135)(H,105,116)(H,106,121)(H,107,122)(H,108,125)(H,109,126)(H,110,129)(H,111,128)(H,112,136)(H,113,137)/t49-,50-,53-,54-,55-,56-,57-,58-,63-,64-/m0/s1. The zero-order valence-corrected chi connectivity index (χ0v) is 84.6. The van der Waals surface area contributed by atoms with Gasteiger partial charge in [-0.1, -0.05) is 71.9 Å². The van der Waals surface area contributed by atoms with Crippen LogP contribution in [0, 0.1) is 17.8 Å². The normalized spacial score (nSPS) is 15.2. The van der Waals surface area contributed by atoms with Crippen LogP contribution in [0.5, 0.6) is 0 Å². The van der Waals surface area contributed by atoms with Crippen molar-refractivity contribution in [2.75, 3.05) is 19.7 Å². The maximum atomic E-state index is 14.6. The molecule has 1 fully saturated rings. The zero-order valence-electron chi connectivity index (χ0n) is 84.6. The summed E-state index contributed by atoms with van der Waals surface area (Å²) in [6.07, 6.45) is -1.81. The second kappa shape index (κ2) is 50.9. The molecule has 47 heteroatoms. The van der Waals surface area contributed by atoms with Crippen LogP contribution >= 0.6 is 0 Å². The Kier molecular flexibility index (Phi) is 44.6. The number of rotatable bonds is 54. The molecule has 1 saturated heterocycles. The summed E-state index contributed by atoms with van der Waals surface area (Å²) in [6.45, 7) is 36.0. The highest BCUT2D eigenvalue weighted by Crippen LogP contribution is 2.25. The highest BCUT2D eigenvalue weighted by atomic mass is 16.3. The topological polar surface area (TPSA) is 723 Å². The van der Waals surface area contributed by atoms with Crippen LogP contribution < -0.4 is 118 Å². The third-order valence-electron chi connectivity index (χ3n) is 22.4. The minimum absolute atomic E-state index is 0.00533. The molecular weight excluding hydrogens is 1800 g/mol. The molecule has 2 rings (SSSR count). The molecule has 47 nitrogen and oxygen atoms in total. The van der Waals surface area contributed by atoms with Crippen molar-refractivity contribution >= 4 is 136 Å². The van der Waals surface area contributed by atoms with Gasteiger partial charge in [-0.2, -0.15) is 0 Å². The van der Waals surface area contributed by atoms with Crippen LogP contribution in [0.25, 0.3) is 0 Å². The van der Waals surface area contributed by atoms with E-state index in [9.17, 15) is 115 Å². The van der Waals surface area contributed by atoms with Crippen molar-refractivity contribution in [1.29, 1.82) is 0 Å². The van der Waals surface area contributed by atoms with E-state index in [4.69, 9.17) is 17.2 Å². The van der Waals surface area contributed by atoms with Crippen molar-refractivity contribution in [3.05, 3.63) is 35.9 Å². The Labute approximate surface area is 805 Å². The molecule has 0 aromatic heterocycles. The van der Waals surface area contributed by atoms with E-state index in [1.807, 2.05) is 0 Å². The average Bonchev–Trinajstić information content (AvgIpc) is 1.56. The van der Waals surface area contributed by atoms with Gasteiger partial charge in [-0.25, -0.2) is 0 Å². The molecule has 1 heterocycles. The summed E-state index contributed by atoms with van der Waals surface area (Å²) in [7, 11) is 0. The third kappa shape index (κ3) is 38.5. The SMILES string of the molecule is CC(=O)NC(C)(C)C(=O)N[C@@H](C)C(=O)NC(C)(C)C(=O)N[C@@H](C)C(=O)NC(C)(C)C(=O)NC(C)(C)C(=O)N[C@@H](CCC(N)=O)C(=O)NC(C)(C)C(=O)N[C@H](C(=O)NC(C)(C)C(=O)NCC(=O)N[C@@H](CC(C)C)C(=O)NC(C)(C)C(=O)N1CCC[C@H]1C(=O)N[C@H](C(=O)NC(C)(C)C(=O)NC(C)(C)C(=O)N[C@@H](CCC(N)=O)C(=O)N[C@@H](CCC(N)=O)C(=O)N[C@H](CO)Cc1ccccc1)C(C)C)C(C)C. The molecule has 0 radical (unpaired) electrons. The van der Waals surface area contributed by atoms with Gasteiger partial charge in [0.25, 0.3) is 0 Å². The third-order valence-corrected chi connectivity index (χ3v) is 22.4. The first-order valence-electron chi connectivity index (χ1n) is 45.7. The van der Waals surface area contributed by atoms with Crippen molar-refractivity contribution in [3.8, 4) is 0 Å². The van der Waals surface area contributed by atoms with Crippen molar-refractivity contribution in [1.82, 2.24) is 106 Å². The molecular formula is C91H151N23O24. The monoisotopic (exact) mass is 1950 g/mol. The molecule has 0 aliphatic carbocycles. The lowest BCUT2D eigenvalue weighted by molar-refractivity contribution is -0.146. The molecule has 10 atom stereocenters. The molecule has 0 bridgehead atoms. The van der Waals surface area contributed by atoms with E-state index < -0.39 is 297 Å². The van der Waals surface area contributed by atoms with Crippen LogP contribution in [0.15, 0.2) is 30.3 Å². The van der Waals surface area contributed by atoms with Crippen LogP contribution in [0.4, 0.5) is 0 Å². The van der Waals surface area contributed by atoms with Crippen molar-refractivity contribution in [2.45, 2.75) is 361 Å². The molecule has 23 amide bonds. The number of nitrogens with one attached hydrogen (secondary N) is 19. The first kappa shape index (κ1) is 121. The van der Waals surface area contributed by atoms with Gasteiger partial charge in [0, 0.05) is 32.7 Å². The van der Waals surface area contributed by atoms with E-state index in [0.717, 1.165) is 5.56 Å². The maximum Gasteiger partial charge on any atom is 0.248 e. The van der Waals surface area contributed by atoms with Gasteiger partial charge in [0.15, 0.2) is 0 Å². The largest absolute Gasteiger partial charge is 0.394 e. The van der Waals surface area contributed by atoms with Crippen LogP contribution in [0.2, 0.25) is 0 Å². The number of hydrogen-bond acceptors (Lipinski definition) is 24. The van der Waals surface area contributed by atoms with Gasteiger partial charge in [-0.15, -0.1) is 0 Å². The summed E-state index contributed by atoms with van der Waals surface area (Å²) in [5, 5.41) is 58.2. The molecule has 0 spiro atoms. The number of hydrogen-bond donors (Lipinski definition) is 23. The van der Waals surface area contributed by atoms with Gasteiger partial charge in [-0.3, -0.25) is 110 Å². The Hall–Kier alpha value is -13.0. The number of aliphatic hydroxyl groups is 1. The van der Waals surface area contributed by atoms with Crippen molar-refractivity contribution < 1.29 is 115 Å². The fourth-order valence-electron chi connectivity index (χ4n) is 13.7. The minimum atomic E-state index is -1.92. The molecule has 0 unspecified atom stereocenters. The number of amides is 23. The predicted molar refractivity (Wildman–Crippen MR) is 504 cm³/mol. The second-order valence-corrected chi connectivity index (χ2v) is 40.8. The number of carbonyl (C=O) groups is 23. The summed E-state index contributed by atoms with van der Waals surface area (Å²) in [6, 6.07) is -4.44. The minimum Gasteiger partial charge on any atom is -0.394 e. The molecule has 1 aromatic carbocycles. The van der Waals surface area contributed by atoms with Gasteiger partial charge in [0.05, 0.1) is 19.2 Å². The maximum absolute atomic E-state index is 14.6. The Balaban J connectivity index is 2.18. The van der Waals surface area contributed by atoms with Crippen LogP contribution in [0.1, 0.15) is 250 Å². The Morgan fingerprint density at radius 3 is 1.12 bits per heavy atom. The van der Waals surface area contributed by atoms with Crippen molar-refractivity contribution in [3.63, 3.8) is 0 Å². The van der Waals surface area contributed by atoms with E-state index in [1.54, 1.807) is 71.9 Å². The van der Waals surface area contributed by atoms with Crippen LogP contribution in [0.3, 0.4) is 0 Å². The molecule has 774 valence electrons. The van der Waals surface area contributed by atoms with Gasteiger partial charge in [-0.05, 0) is 207 Å². The zero-order chi connectivity index (χ0) is 107. The van der Waals surface area contributed by atoms with E-state index in [0.29, 0.717) is 6.42 Å². The van der Waals surface area contributed by atoms with E-state index in [2.05, 4.69) is 101 Å². The average molecular weight is 1950 g/mol. The second-order valence-electron chi connectivity index (χ2n) is 40.8. The lowest BCUT2D eigenvalue weighted by atomic mass is 9.96. The Morgan fingerprint density at radius 1 is 0.370 bits per heavy atom. The fraction of sp³-hybridized carbons (Fsp3) is 0.681. The smallest absolute Gasteiger partial charge is 0.248 e. The number of benzene rings is 1. The first-order chi connectivity index (χ1) is 63.0. The molecule has 0 saturated carbocycles. The number of aliphatic hydroxyl groups excluding tert-OH is 1. The van der Waals surface area contributed by atoms with Crippen LogP contribution in [-0.4, -0.2) is 276 Å². The summed E-state index contributed by atoms with van der Waals surface area (Å²) < 4.78 is 0. The molecule has 1 aromatic rings. The van der Waals surface area contributed by atoms with Gasteiger partial charge in [0.2, 0.25) is 136 Å². The summed E-state index contributed by atoms with van der Waals surface area (Å²) in [4.78, 5) is 313. The quantitative estimate of drug-likeness (QED) is 0.0290. The predicted octanol–water partition coefficient (Wildman–Crippen LogP) is -5.04. The highest BCUT2D eigenvalue weighted by molar-refractivity contribution is 6.05.